The number of nitrogens with one attached hydrogen (secondary N) is 1. The number of amides is 1. The van der Waals surface area contributed by atoms with Gasteiger partial charge in [0.05, 0.1) is 5.56 Å². The number of carbonyl (C=O) groups excluding carboxylic acids is 1. The fourth-order valence-corrected chi connectivity index (χ4v) is 2.20. The highest BCUT2D eigenvalue weighted by molar-refractivity contribution is 6.11. The maximum absolute atomic E-state index is 13.0. The van der Waals surface area contributed by atoms with Crippen LogP contribution in [0.15, 0.2) is 52.9 Å². The van der Waals surface area contributed by atoms with Crippen LogP contribution < -0.4 is 5.32 Å². The summed E-state index contributed by atoms with van der Waals surface area (Å²) in [6.45, 7) is 0. The van der Waals surface area contributed by atoms with E-state index in [9.17, 15) is 9.18 Å². The van der Waals surface area contributed by atoms with Gasteiger partial charge in [-0.1, -0.05) is 18.2 Å². The third-order valence-corrected chi connectivity index (χ3v) is 3.16. The lowest BCUT2D eigenvalue weighted by atomic mass is 10.0. The molecular weight excluding hydrogens is 257 g/mol. The molecule has 1 N–H and O–H groups in total. The Morgan fingerprint density at radius 2 is 1.80 bits per heavy atom. The second kappa shape index (κ2) is 4.81. The molecule has 3 rings (SSSR count). The molecule has 0 unspecified atom stereocenters. The molecule has 0 aliphatic rings. The van der Waals surface area contributed by atoms with Gasteiger partial charge in [0.1, 0.15) is 17.2 Å². The number of benzene rings is 2. The first-order valence-electron chi connectivity index (χ1n) is 6.20. The molecule has 1 heterocycles. The summed E-state index contributed by atoms with van der Waals surface area (Å²) in [5.74, 6) is -0.105. The van der Waals surface area contributed by atoms with Crippen LogP contribution in [0.3, 0.4) is 0 Å². The zero-order valence-corrected chi connectivity index (χ0v) is 10.8. The molecule has 3 nitrogen and oxygen atoms in total. The van der Waals surface area contributed by atoms with Gasteiger partial charge in [-0.2, -0.15) is 0 Å². The van der Waals surface area contributed by atoms with Crippen molar-refractivity contribution in [3.8, 4) is 11.3 Å². The van der Waals surface area contributed by atoms with Crippen molar-refractivity contribution in [3.63, 3.8) is 0 Å². The van der Waals surface area contributed by atoms with Gasteiger partial charge in [0.2, 0.25) is 0 Å². The van der Waals surface area contributed by atoms with Crippen molar-refractivity contribution in [1.29, 1.82) is 0 Å². The minimum atomic E-state index is -0.327. The van der Waals surface area contributed by atoms with E-state index in [-0.39, 0.29) is 11.7 Å². The van der Waals surface area contributed by atoms with Crippen LogP contribution in [-0.2, 0) is 0 Å². The first-order chi connectivity index (χ1) is 9.70. The predicted molar refractivity (Wildman–Crippen MR) is 75.0 cm³/mol. The molecule has 0 bridgehead atoms. The second-order valence-electron chi connectivity index (χ2n) is 4.39. The maximum Gasteiger partial charge on any atom is 0.255 e. The average molecular weight is 269 g/mol. The van der Waals surface area contributed by atoms with Gasteiger partial charge in [-0.15, -0.1) is 0 Å². The highest BCUT2D eigenvalue weighted by Crippen LogP contribution is 2.33. The Labute approximate surface area is 115 Å². The molecule has 20 heavy (non-hydrogen) atoms. The topological polar surface area (TPSA) is 42.2 Å². The zero-order chi connectivity index (χ0) is 14.1. The molecule has 1 amide bonds. The van der Waals surface area contributed by atoms with Gasteiger partial charge in [-0.25, -0.2) is 4.39 Å². The molecule has 2 aromatic carbocycles. The van der Waals surface area contributed by atoms with Gasteiger partial charge < -0.3 is 9.73 Å². The van der Waals surface area contributed by atoms with E-state index in [4.69, 9.17) is 4.42 Å². The lowest BCUT2D eigenvalue weighted by Crippen LogP contribution is -2.18. The molecule has 0 fully saturated rings. The first-order valence-corrected chi connectivity index (χ1v) is 6.20. The third-order valence-electron chi connectivity index (χ3n) is 3.16. The number of carbonyl (C=O) groups is 1. The van der Waals surface area contributed by atoms with E-state index in [0.717, 1.165) is 5.39 Å². The summed E-state index contributed by atoms with van der Waals surface area (Å²) in [5, 5.41) is 3.35. The van der Waals surface area contributed by atoms with Crippen molar-refractivity contribution in [2.24, 2.45) is 0 Å². The number of para-hydroxylation sites is 1. The number of halogens is 1. The highest BCUT2D eigenvalue weighted by atomic mass is 19.1. The summed E-state index contributed by atoms with van der Waals surface area (Å²) in [6.07, 6.45) is 0. The second-order valence-corrected chi connectivity index (χ2v) is 4.39. The van der Waals surface area contributed by atoms with Gasteiger partial charge in [0.15, 0.2) is 0 Å². The summed E-state index contributed by atoms with van der Waals surface area (Å²) < 4.78 is 18.8. The minimum Gasteiger partial charge on any atom is -0.455 e. The number of hydrogen-bond acceptors (Lipinski definition) is 2. The van der Waals surface area contributed by atoms with Crippen molar-refractivity contribution in [1.82, 2.24) is 5.32 Å². The molecule has 0 spiro atoms. The van der Waals surface area contributed by atoms with Crippen LogP contribution in [-0.4, -0.2) is 13.0 Å². The molecule has 0 saturated heterocycles. The average Bonchev–Trinajstić information content (AvgIpc) is 2.86. The van der Waals surface area contributed by atoms with Crippen LogP contribution in [0.25, 0.3) is 22.3 Å². The monoisotopic (exact) mass is 269 g/mol. The third kappa shape index (κ3) is 1.95. The summed E-state index contributed by atoms with van der Waals surface area (Å²) in [5.41, 5.74) is 1.77. The molecule has 0 saturated carbocycles. The van der Waals surface area contributed by atoms with Crippen molar-refractivity contribution in [3.05, 3.63) is 59.9 Å². The Morgan fingerprint density at radius 3 is 2.50 bits per heavy atom. The Hall–Kier alpha value is -2.62. The normalized spacial score (nSPS) is 10.7. The van der Waals surface area contributed by atoms with Gasteiger partial charge in [0.25, 0.3) is 5.91 Å². The summed E-state index contributed by atoms with van der Waals surface area (Å²) in [6, 6.07) is 13.2. The first kappa shape index (κ1) is 12.4. The van der Waals surface area contributed by atoms with Gasteiger partial charge in [-0.3, -0.25) is 4.79 Å². The lowest BCUT2D eigenvalue weighted by molar-refractivity contribution is 0.0964. The largest absolute Gasteiger partial charge is 0.455 e. The quantitative estimate of drug-likeness (QED) is 0.772. The van der Waals surface area contributed by atoms with Crippen molar-refractivity contribution >= 4 is 16.9 Å². The van der Waals surface area contributed by atoms with Crippen LogP contribution in [0.4, 0.5) is 4.39 Å². The van der Waals surface area contributed by atoms with Crippen molar-refractivity contribution in [2.75, 3.05) is 7.05 Å². The van der Waals surface area contributed by atoms with Gasteiger partial charge in [-0.05, 0) is 30.3 Å². The van der Waals surface area contributed by atoms with E-state index in [1.54, 1.807) is 25.2 Å². The molecule has 0 atom stereocenters. The summed E-state index contributed by atoms with van der Waals surface area (Å²) >= 11 is 0. The SMILES string of the molecule is CNC(=O)c1c(-c2ccc(F)cc2)oc2ccccc12. The smallest absolute Gasteiger partial charge is 0.255 e. The number of fused-ring (bicyclic) bond motifs is 1. The zero-order valence-electron chi connectivity index (χ0n) is 10.8. The van der Waals surface area contributed by atoms with E-state index >= 15 is 0 Å². The summed E-state index contributed by atoms with van der Waals surface area (Å²) in [4.78, 5) is 12.1. The molecule has 0 aliphatic heterocycles. The maximum atomic E-state index is 13.0. The Balaban J connectivity index is 2.29. The predicted octanol–water partition coefficient (Wildman–Crippen LogP) is 3.60. The highest BCUT2D eigenvalue weighted by Gasteiger charge is 2.20. The molecule has 0 radical (unpaired) electrons. The fraction of sp³-hybridized carbons (Fsp3) is 0.0625. The van der Waals surface area contributed by atoms with Crippen molar-refractivity contribution < 1.29 is 13.6 Å². The van der Waals surface area contributed by atoms with Crippen molar-refractivity contribution in [2.45, 2.75) is 0 Å². The lowest BCUT2D eigenvalue weighted by Gasteiger charge is -2.02. The minimum absolute atomic E-state index is 0.228. The van der Waals surface area contributed by atoms with E-state index in [2.05, 4.69) is 5.32 Å². The Kier molecular flexibility index (Phi) is 2.99. The summed E-state index contributed by atoms with van der Waals surface area (Å²) in [7, 11) is 1.57. The van der Waals surface area contributed by atoms with E-state index < -0.39 is 0 Å². The Morgan fingerprint density at radius 1 is 1.10 bits per heavy atom. The van der Waals surface area contributed by atoms with E-state index in [0.29, 0.717) is 22.5 Å². The molecule has 1 aromatic heterocycles. The van der Waals surface area contributed by atoms with E-state index in [1.807, 2.05) is 18.2 Å². The van der Waals surface area contributed by atoms with E-state index in [1.165, 1.54) is 12.1 Å². The fourth-order valence-electron chi connectivity index (χ4n) is 2.20. The van der Waals surface area contributed by atoms with Crippen LogP contribution in [0.5, 0.6) is 0 Å². The van der Waals surface area contributed by atoms with Gasteiger partial charge in [0, 0.05) is 18.0 Å². The number of hydrogen-bond donors (Lipinski definition) is 1. The molecule has 3 aromatic rings. The molecule has 0 aliphatic carbocycles. The van der Waals surface area contributed by atoms with Gasteiger partial charge >= 0.3 is 0 Å². The number of furan rings is 1. The molecule has 4 heteroatoms. The number of rotatable bonds is 2. The molecule has 100 valence electrons. The Bertz CT molecular complexity index is 775. The standard InChI is InChI=1S/C16H12FNO2/c1-18-16(19)14-12-4-2-3-5-13(12)20-15(14)10-6-8-11(17)9-7-10/h2-9H,1H3,(H,18,19). The molecular formula is C16H12FNO2. The van der Waals surface area contributed by atoms with Crippen LogP contribution in [0.2, 0.25) is 0 Å². The van der Waals surface area contributed by atoms with Crippen LogP contribution in [0.1, 0.15) is 10.4 Å². The van der Waals surface area contributed by atoms with Crippen LogP contribution in [0, 0.1) is 5.82 Å². The van der Waals surface area contributed by atoms with Crippen LogP contribution >= 0.6 is 0 Å².